The van der Waals surface area contributed by atoms with Crippen molar-refractivity contribution in [2.75, 3.05) is 12.0 Å². The van der Waals surface area contributed by atoms with E-state index < -0.39 is 0 Å². The van der Waals surface area contributed by atoms with E-state index in [0.29, 0.717) is 6.54 Å². The van der Waals surface area contributed by atoms with Crippen molar-refractivity contribution >= 4 is 5.69 Å². The molecule has 1 heterocycles. The number of azide groups is 1. The minimum Gasteiger partial charge on any atom is -0.319 e. The highest BCUT2D eigenvalue weighted by Gasteiger charge is 2.22. The zero-order valence-corrected chi connectivity index (χ0v) is 12.3. The molecule has 0 bridgehead atoms. The lowest BCUT2D eigenvalue weighted by molar-refractivity contribution is 0.489. The van der Waals surface area contributed by atoms with Gasteiger partial charge in [-0.3, -0.25) is 5.32 Å². The minimum atomic E-state index is 0.203. The predicted octanol–water partition coefficient (Wildman–Crippen LogP) is 2.92. The van der Waals surface area contributed by atoms with Crippen LogP contribution in [0, 0.1) is 20.8 Å². The van der Waals surface area contributed by atoms with Crippen molar-refractivity contribution in [1.29, 1.82) is 0 Å². The molecular weight excluding hydrogens is 252 g/mol. The van der Waals surface area contributed by atoms with Crippen LogP contribution in [-0.2, 0) is 0 Å². The van der Waals surface area contributed by atoms with E-state index in [2.05, 4.69) is 59.1 Å². The highest BCUT2D eigenvalue weighted by atomic mass is 15.4. The molecule has 2 rings (SSSR count). The van der Waals surface area contributed by atoms with Crippen molar-refractivity contribution in [3.8, 4) is 0 Å². The van der Waals surface area contributed by atoms with Crippen molar-refractivity contribution in [2.45, 2.75) is 45.8 Å². The Balaban J connectivity index is 1.89. The zero-order valence-electron chi connectivity index (χ0n) is 12.3. The van der Waals surface area contributed by atoms with Crippen LogP contribution in [0.25, 0.3) is 10.4 Å². The number of anilines is 1. The molecule has 3 N–H and O–H groups in total. The Hall–Kier alpha value is -1.75. The molecule has 1 aliphatic rings. The molecule has 1 aromatic rings. The standard InChI is InChI=1S/C14H22N6/c1-9-6-10(2)14(11(3)7-9)19-18-13-5-4-12(17-13)8-16-20-15/h6-7,12-13,17-19H,4-5,8H2,1-3H3/t12-,13?/m0/s1. The van der Waals surface area contributed by atoms with Gasteiger partial charge in [0.25, 0.3) is 0 Å². The second kappa shape index (κ2) is 6.61. The van der Waals surface area contributed by atoms with E-state index in [1.54, 1.807) is 0 Å². The Morgan fingerprint density at radius 3 is 2.65 bits per heavy atom. The molecule has 0 spiro atoms. The molecule has 20 heavy (non-hydrogen) atoms. The molecule has 0 aliphatic carbocycles. The molecule has 108 valence electrons. The molecule has 0 amide bonds. The lowest BCUT2D eigenvalue weighted by Gasteiger charge is -2.19. The van der Waals surface area contributed by atoms with E-state index in [1.165, 1.54) is 16.7 Å². The van der Waals surface area contributed by atoms with Crippen LogP contribution in [0.5, 0.6) is 0 Å². The minimum absolute atomic E-state index is 0.203. The SMILES string of the molecule is Cc1cc(C)c(NNC2CC[C@@H](CN=[N+]=[N-])N2)c(C)c1. The Kier molecular flexibility index (Phi) is 4.84. The molecule has 1 aromatic carbocycles. The van der Waals surface area contributed by atoms with Gasteiger partial charge in [-0.15, -0.1) is 0 Å². The van der Waals surface area contributed by atoms with Gasteiger partial charge >= 0.3 is 0 Å². The average Bonchev–Trinajstić information content (AvgIpc) is 2.83. The molecule has 2 atom stereocenters. The third-order valence-corrected chi connectivity index (χ3v) is 3.65. The van der Waals surface area contributed by atoms with E-state index >= 15 is 0 Å². The number of nitrogens with one attached hydrogen (secondary N) is 3. The van der Waals surface area contributed by atoms with Gasteiger partial charge in [-0.1, -0.05) is 22.8 Å². The van der Waals surface area contributed by atoms with Gasteiger partial charge in [0.05, 0.1) is 11.9 Å². The van der Waals surface area contributed by atoms with Crippen LogP contribution in [0.3, 0.4) is 0 Å². The smallest absolute Gasteiger partial charge is 0.0752 e. The molecule has 6 nitrogen and oxygen atoms in total. The molecule has 1 aliphatic heterocycles. The van der Waals surface area contributed by atoms with Crippen molar-refractivity contribution < 1.29 is 0 Å². The Morgan fingerprint density at radius 2 is 2.00 bits per heavy atom. The third-order valence-electron chi connectivity index (χ3n) is 3.65. The van der Waals surface area contributed by atoms with Crippen LogP contribution >= 0.6 is 0 Å². The summed E-state index contributed by atoms with van der Waals surface area (Å²) in [5, 5.41) is 7.02. The van der Waals surface area contributed by atoms with E-state index in [-0.39, 0.29) is 12.2 Å². The highest BCUT2D eigenvalue weighted by Crippen LogP contribution is 2.21. The zero-order chi connectivity index (χ0) is 14.5. The van der Waals surface area contributed by atoms with Crippen LogP contribution in [0.2, 0.25) is 0 Å². The van der Waals surface area contributed by atoms with Gasteiger partial charge in [0, 0.05) is 17.5 Å². The van der Waals surface area contributed by atoms with Crippen LogP contribution in [-0.4, -0.2) is 18.8 Å². The van der Waals surface area contributed by atoms with Crippen LogP contribution in [0.4, 0.5) is 5.69 Å². The maximum absolute atomic E-state index is 8.33. The van der Waals surface area contributed by atoms with E-state index in [9.17, 15) is 0 Å². The maximum atomic E-state index is 8.33. The second-order valence-corrected chi connectivity index (χ2v) is 5.45. The van der Waals surface area contributed by atoms with E-state index in [1.807, 2.05) is 0 Å². The third kappa shape index (κ3) is 3.63. The van der Waals surface area contributed by atoms with Gasteiger partial charge in [0.2, 0.25) is 0 Å². The lowest BCUT2D eigenvalue weighted by Crippen LogP contribution is -2.44. The van der Waals surface area contributed by atoms with Crippen LogP contribution in [0.15, 0.2) is 17.2 Å². The van der Waals surface area contributed by atoms with Gasteiger partial charge in [-0.05, 0) is 50.3 Å². The van der Waals surface area contributed by atoms with Crippen molar-refractivity contribution in [3.05, 3.63) is 39.3 Å². The summed E-state index contributed by atoms with van der Waals surface area (Å²) >= 11 is 0. The molecule has 1 saturated heterocycles. The number of hydrogen-bond donors (Lipinski definition) is 3. The molecule has 0 saturated carbocycles. The summed E-state index contributed by atoms with van der Waals surface area (Å²) in [7, 11) is 0. The Bertz CT molecular complexity index is 497. The van der Waals surface area contributed by atoms with Gasteiger partial charge in [0.15, 0.2) is 0 Å². The maximum Gasteiger partial charge on any atom is 0.0752 e. The number of hydrogen-bond acceptors (Lipinski definition) is 4. The molecule has 6 heteroatoms. The fraction of sp³-hybridized carbons (Fsp3) is 0.571. The summed E-state index contributed by atoms with van der Waals surface area (Å²) in [5.41, 5.74) is 19.8. The van der Waals surface area contributed by atoms with Gasteiger partial charge < -0.3 is 5.43 Å². The van der Waals surface area contributed by atoms with Crippen molar-refractivity contribution in [3.63, 3.8) is 0 Å². The molecule has 0 radical (unpaired) electrons. The number of aryl methyl sites for hydroxylation is 3. The lowest BCUT2D eigenvalue weighted by atomic mass is 10.1. The Labute approximate surface area is 119 Å². The van der Waals surface area contributed by atoms with E-state index in [4.69, 9.17) is 5.53 Å². The highest BCUT2D eigenvalue weighted by molar-refractivity contribution is 5.57. The topological polar surface area (TPSA) is 84.9 Å². The first-order valence-electron chi connectivity index (χ1n) is 6.96. The second-order valence-electron chi connectivity index (χ2n) is 5.45. The monoisotopic (exact) mass is 274 g/mol. The number of hydrazine groups is 1. The molecular formula is C14H22N6. The fourth-order valence-corrected chi connectivity index (χ4v) is 2.75. The number of nitrogens with zero attached hydrogens (tertiary/aromatic N) is 3. The summed E-state index contributed by atoms with van der Waals surface area (Å²) in [6.45, 7) is 6.83. The summed E-state index contributed by atoms with van der Waals surface area (Å²) in [5.74, 6) is 0. The normalized spacial score (nSPS) is 21.6. The first kappa shape index (κ1) is 14.7. The van der Waals surface area contributed by atoms with Crippen molar-refractivity contribution in [2.24, 2.45) is 5.11 Å². The molecule has 1 fully saturated rings. The summed E-state index contributed by atoms with van der Waals surface area (Å²) in [4.78, 5) is 2.80. The predicted molar refractivity (Wildman–Crippen MR) is 81.4 cm³/mol. The van der Waals surface area contributed by atoms with E-state index in [0.717, 1.165) is 18.5 Å². The Morgan fingerprint density at radius 1 is 1.30 bits per heavy atom. The molecule has 0 aromatic heterocycles. The van der Waals surface area contributed by atoms with Gasteiger partial charge in [-0.25, -0.2) is 5.43 Å². The number of rotatable bonds is 5. The van der Waals surface area contributed by atoms with Crippen LogP contribution < -0.4 is 16.2 Å². The average molecular weight is 274 g/mol. The number of benzene rings is 1. The van der Waals surface area contributed by atoms with Crippen LogP contribution in [0.1, 0.15) is 29.5 Å². The summed E-state index contributed by atoms with van der Waals surface area (Å²) < 4.78 is 0. The first-order valence-corrected chi connectivity index (χ1v) is 6.96. The summed E-state index contributed by atoms with van der Waals surface area (Å²) in [6, 6.07) is 4.61. The van der Waals surface area contributed by atoms with Gasteiger partial charge in [-0.2, -0.15) is 0 Å². The quantitative estimate of drug-likeness (QED) is 0.334. The fourth-order valence-electron chi connectivity index (χ4n) is 2.75. The van der Waals surface area contributed by atoms with Crippen molar-refractivity contribution in [1.82, 2.24) is 10.7 Å². The molecule has 1 unspecified atom stereocenters. The summed E-state index contributed by atoms with van der Waals surface area (Å²) in [6.07, 6.45) is 2.24. The first-order chi connectivity index (χ1) is 9.60. The largest absolute Gasteiger partial charge is 0.319 e. The van der Waals surface area contributed by atoms with Gasteiger partial charge in [0.1, 0.15) is 0 Å².